The van der Waals surface area contributed by atoms with Gasteiger partial charge in [0.15, 0.2) is 0 Å². The average Bonchev–Trinajstić information content (AvgIpc) is 2.16. The Hall–Kier alpha value is -0.990. The van der Waals surface area contributed by atoms with Crippen LogP contribution in [-0.4, -0.2) is 11.1 Å². The molecule has 1 aromatic carbocycles. The normalized spacial score (nSPS) is 9.67. The molecule has 78 valence electrons. The highest BCUT2D eigenvalue weighted by atomic mass is 79.9. The van der Waals surface area contributed by atoms with Gasteiger partial charge in [0.1, 0.15) is 0 Å². The van der Waals surface area contributed by atoms with Crippen molar-refractivity contribution in [3.8, 4) is 6.07 Å². The van der Waals surface area contributed by atoms with Gasteiger partial charge in [-0.2, -0.15) is 5.26 Å². The molecular weight excluding hydrogens is 278 g/mol. The predicted molar refractivity (Wildman–Crippen MR) is 62.4 cm³/mol. The van der Waals surface area contributed by atoms with Gasteiger partial charge in [-0.3, -0.25) is 4.79 Å². The van der Waals surface area contributed by atoms with Gasteiger partial charge in [-0.1, -0.05) is 15.9 Å². The molecule has 0 aromatic heterocycles. The quantitative estimate of drug-likeness (QED) is 0.662. The Labute approximate surface area is 101 Å². The van der Waals surface area contributed by atoms with E-state index < -0.39 is 5.97 Å². The number of carboxylic acids is 1. The zero-order chi connectivity index (χ0) is 11.4. The van der Waals surface area contributed by atoms with Gasteiger partial charge in [0.2, 0.25) is 0 Å². The summed E-state index contributed by atoms with van der Waals surface area (Å²) in [6.45, 7) is 0. The van der Waals surface area contributed by atoms with E-state index in [0.29, 0.717) is 21.4 Å². The zero-order valence-electron chi connectivity index (χ0n) is 7.70. The standard InChI is InChI=1S/C10H8BrNO2S/c11-4-8-7(3-10(13)14)1-6(5-12)2-9(8)15/h1-2,15H,3-4H2,(H,13,14). The largest absolute Gasteiger partial charge is 0.481 e. The molecule has 0 radical (unpaired) electrons. The Morgan fingerprint density at radius 3 is 2.73 bits per heavy atom. The number of carboxylic acid groups (broad SMARTS) is 1. The molecule has 0 saturated carbocycles. The third-order valence-electron chi connectivity index (χ3n) is 1.92. The van der Waals surface area contributed by atoms with E-state index in [9.17, 15) is 4.79 Å². The Morgan fingerprint density at radius 1 is 1.60 bits per heavy atom. The van der Waals surface area contributed by atoms with Gasteiger partial charge in [-0.25, -0.2) is 0 Å². The van der Waals surface area contributed by atoms with Crippen LogP contribution in [0.4, 0.5) is 0 Å². The molecule has 1 N–H and O–H groups in total. The van der Waals surface area contributed by atoms with E-state index in [0.717, 1.165) is 5.56 Å². The van der Waals surface area contributed by atoms with Crippen molar-refractivity contribution >= 4 is 34.5 Å². The molecule has 15 heavy (non-hydrogen) atoms. The minimum Gasteiger partial charge on any atom is -0.481 e. The minimum absolute atomic E-state index is 0.0932. The summed E-state index contributed by atoms with van der Waals surface area (Å²) in [6, 6.07) is 5.19. The number of benzene rings is 1. The molecule has 3 nitrogen and oxygen atoms in total. The number of halogens is 1. The summed E-state index contributed by atoms with van der Waals surface area (Å²) in [5.74, 6) is -0.917. The molecule has 0 aliphatic heterocycles. The molecule has 0 spiro atoms. The number of alkyl halides is 1. The Kier molecular flexibility index (Phi) is 4.18. The first-order chi connectivity index (χ1) is 7.08. The summed E-state index contributed by atoms with van der Waals surface area (Å²) >= 11 is 7.49. The van der Waals surface area contributed by atoms with Crippen molar-refractivity contribution in [3.63, 3.8) is 0 Å². The van der Waals surface area contributed by atoms with Crippen molar-refractivity contribution in [3.05, 3.63) is 28.8 Å². The van der Waals surface area contributed by atoms with Crippen molar-refractivity contribution in [1.82, 2.24) is 0 Å². The number of thiol groups is 1. The van der Waals surface area contributed by atoms with Crippen molar-refractivity contribution in [1.29, 1.82) is 5.26 Å². The molecule has 0 amide bonds. The highest BCUT2D eigenvalue weighted by Gasteiger charge is 2.10. The molecule has 0 heterocycles. The first-order valence-electron chi connectivity index (χ1n) is 4.11. The smallest absolute Gasteiger partial charge is 0.307 e. The lowest BCUT2D eigenvalue weighted by molar-refractivity contribution is -0.136. The van der Waals surface area contributed by atoms with Crippen molar-refractivity contribution in [2.24, 2.45) is 0 Å². The second kappa shape index (κ2) is 5.19. The predicted octanol–water partition coefficient (Wildman–Crippen LogP) is 2.37. The molecule has 0 unspecified atom stereocenters. The van der Waals surface area contributed by atoms with Gasteiger partial charge in [0.05, 0.1) is 18.1 Å². The van der Waals surface area contributed by atoms with Crippen molar-refractivity contribution < 1.29 is 9.90 Å². The van der Waals surface area contributed by atoms with E-state index in [-0.39, 0.29) is 6.42 Å². The Balaban J connectivity index is 3.27. The summed E-state index contributed by atoms with van der Waals surface area (Å²) in [6.07, 6.45) is -0.0932. The van der Waals surface area contributed by atoms with Crippen LogP contribution in [0.2, 0.25) is 0 Å². The molecule has 0 aliphatic rings. The molecule has 0 fully saturated rings. The van der Waals surface area contributed by atoms with Crippen molar-refractivity contribution in [2.75, 3.05) is 0 Å². The van der Waals surface area contributed by atoms with E-state index in [1.165, 1.54) is 0 Å². The fraction of sp³-hybridized carbons (Fsp3) is 0.200. The van der Waals surface area contributed by atoms with E-state index >= 15 is 0 Å². The van der Waals surface area contributed by atoms with Crippen LogP contribution in [0.15, 0.2) is 17.0 Å². The third kappa shape index (κ3) is 2.98. The summed E-state index contributed by atoms with van der Waals surface area (Å²) < 4.78 is 0. The molecule has 0 aliphatic carbocycles. The lowest BCUT2D eigenvalue weighted by Gasteiger charge is -2.08. The monoisotopic (exact) mass is 285 g/mol. The first kappa shape index (κ1) is 12.1. The van der Waals surface area contributed by atoms with Crippen LogP contribution in [-0.2, 0) is 16.5 Å². The van der Waals surface area contributed by atoms with E-state index in [1.54, 1.807) is 12.1 Å². The fourth-order valence-electron chi connectivity index (χ4n) is 1.25. The number of hydrogen-bond donors (Lipinski definition) is 2. The summed E-state index contributed by atoms with van der Waals surface area (Å²) in [4.78, 5) is 11.3. The summed E-state index contributed by atoms with van der Waals surface area (Å²) in [5, 5.41) is 18.0. The number of aliphatic carboxylic acids is 1. The van der Waals surface area contributed by atoms with Crippen LogP contribution < -0.4 is 0 Å². The lowest BCUT2D eigenvalue weighted by Crippen LogP contribution is -2.04. The second-order valence-corrected chi connectivity index (χ2v) is 3.99. The molecule has 0 saturated heterocycles. The number of nitriles is 1. The molecular formula is C10H8BrNO2S. The molecule has 5 heteroatoms. The SMILES string of the molecule is N#Cc1cc(S)c(CBr)c(CC(=O)O)c1. The lowest BCUT2D eigenvalue weighted by atomic mass is 10.0. The first-order valence-corrected chi connectivity index (χ1v) is 5.68. The van der Waals surface area contributed by atoms with Gasteiger partial charge in [0.25, 0.3) is 0 Å². The molecule has 0 bridgehead atoms. The number of carbonyl (C=O) groups is 1. The highest BCUT2D eigenvalue weighted by molar-refractivity contribution is 9.08. The maximum atomic E-state index is 10.6. The number of rotatable bonds is 3. The number of nitrogens with zero attached hydrogens (tertiary/aromatic N) is 1. The molecule has 1 aromatic rings. The van der Waals surface area contributed by atoms with Crippen LogP contribution in [0, 0.1) is 11.3 Å². The van der Waals surface area contributed by atoms with Crippen LogP contribution in [0.5, 0.6) is 0 Å². The Morgan fingerprint density at radius 2 is 2.27 bits per heavy atom. The van der Waals surface area contributed by atoms with Gasteiger partial charge in [-0.05, 0) is 23.3 Å². The van der Waals surface area contributed by atoms with Gasteiger partial charge in [-0.15, -0.1) is 12.6 Å². The van der Waals surface area contributed by atoms with Crippen LogP contribution in [0.1, 0.15) is 16.7 Å². The third-order valence-corrected chi connectivity index (χ3v) is 2.88. The van der Waals surface area contributed by atoms with Gasteiger partial charge >= 0.3 is 5.97 Å². The maximum absolute atomic E-state index is 10.6. The van der Waals surface area contributed by atoms with Gasteiger partial charge < -0.3 is 5.11 Å². The topological polar surface area (TPSA) is 61.1 Å². The van der Waals surface area contributed by atoms with Crippen LogP contribution in [0.3, 0.4) is 0 Å². The fourth-order valence-corrected chi connectivity index (χ4v) is 2.50. The maximum Gasteiger partial charge on any atom is 0.307 e. The molecule has 1 rings (SSSR count). The zero-order valence-corrected chi connectivity index (χ0v) is 10.2. The summed E-state index contributed by atoms with van der Waals surface area (Å²) in [5.41, 5.74) is 1.88. The van der Waals surface area contributed by atoms with E-state index in [2.05, 4.69) is 28.6 Å². The summed E-state index contributed by atoms with van der Waals surface area (Å²) in [7, 11) is 0. The molecule has 0 atom stereocenters. The van der Waals surface area contributed by atoms with E-state index in [4.69, 9.17) is 10.4 Å². The highest BCUT2D eigenvalue weighted by Crippen LogP contribution is 2.23. The van der Waals surface area contributed by atoms with E-state index in [1.807, 2.05) is 6.07 Å². The minimum atomic E-state index is -0.917. The average molecular weight is 286 g/mol. The van der Waals surface area contributed by atoms with Crippen LogP contribution in [0.25, 0.3) is 0 Å². The van der Waals surface area contributed by atoms with Crippen molar-refractivity contribution in [2.45, 2.75) is 16.6 Å². The van der Waals surface area contributed by atoms with Crippen LogP contribution >= 0.6 is 28.6 Å². The Bertz CT molecular complexity index is 440. The van der Waals surface area contributed by atoms with Gasteiger partial charge in [0, 0.05) is 10.2 Å². The second-order valence-electron chi connectivity index (χ2n) is 2.95. The number of hydrogen-bond acceptors (Lipinski definition) is 3.